The lowest BCUT2D eigenvalue weighted by atomic mass is 10.1. The van der Waals surface area contributed by atoms with E-state index in [4.69, 9.17) is 12.2 Å². The highest BCUT2D eigenvalue weighted by Gasteiger charge is 2.34. The van der Waals surface area contributed by atoms with Crippen LogP contribution in [0.2, 0.25) is 0 Å². The molecule has 29 heavy (non-hydrogen) atoms. The van der Waals surface area contributed by atoms with Crippen molar-refractivity contribution in [3.05, 3.63) is 76.8 Å². The van der Waals surface area contributed by atoms with Crippen molar-refractivity contribution >= 4 is 57.1 Å². The van der Waals surface area contributed by atoms with E-state index in [1.54, 1.807) is 24.3 Å². The van der Waals surface area contributed by atoms with Gasteiger partial charge in [-0.05, 0) is 50.3 Å². The van der Waals surface area contributed by atoms with Gasteiger partial charge in [0, 0.05) is 34.3 Å². The number of para-hydroxylation sites is 1. The maximum absolute atomic E-state index is 12.9. The van der Waals surface area contributed by atoms with E-state index in [1.165, 1.54) is 11.8 Å². The van der Waals surface area contributed by atoms with Gasteiger partial charge in [0.05, 0.1) is 4.91 Å². The molecule has 1 aliphatic rings. The van der Waals surface area contributed by atoms with Crippen LogP contribution in [0.4, 0.5) is 0 Å². The van der Waals surface area contributed by atoms with Gasteiger partial charge < -0.3 is 4.57 Å². The molecule has 3 aromatic rings. The van der Waals surface area contributed by atoms with Crippen molar-refractivity contribution < 1.29 is 9.59 Å². The number of hydrogen-bond acceptors (Lipinski definition) is 4. The summed E-state index contributed by atoms with van der Waals surface area (Å²) in [6.45, 7) is 4.24. The molecule has 7 heteroatoms. The second-order valence-electron chi connectivity index (χ2n) is 6.93. The number of benzene rings is 2. The van der Waals surface area contributed by atoms with Crippen LogP contribution >= 0.6 is 24.0 Å². The minimum absolute atomic E-state index is 0.293. The standard InChI is InChI=1S/C22H19N3O2S2/c1-14(2)24-13-16(17-10-6-7-11-18(17)24)12-19-21(27)25(22(28)29-19)23-20(26)15-8-4-3-5-9-15/h3-14H,1-2H3,(H,23,26)/b19-12-. The summed E-state index contributed by atoms with van der Waals surface area (Å²) in [5.41, 5.74) is 5.13. The molecule has 4 rings (SSSR count). The van der Waals surface area contributed by atoms with Gasteiger partial charge in [-0.2, -0.15) is 5.01 Å². The molecule has 5 nitrogen and oxygen atoms in total. The average Bonchev–Trinajstić information content (AvgIpc) is 3.22. The first-order valence-corrected chi connectivity index (χ1v) is 10.4. The summed E-state index contributed by atoms with van der Waals surface area (Å²) in [5.74, 6) is -0.704. The number of thioether (sulfide) groups is 1. The van der Waals surface area contributed by atoms with Gasteiger partial charge in [-0.3, -0.25) is 15.0 Å². The van der Waals surface area contributed by atoms with E-state index in [1.807, 2.05) is 36.5 Å². The quantitative estimate of drug-likeness (QED) is 0.487. The molecule has 1 saturated heterocycles. The van der Waals surface area contributed by atoms with Crippen LogP contribution in [0.5, 0.6) is 0 Å². The van der Waals surface area contributed by atoms with Gasteiger partial charge in [-0.15, -0.1) is 0 Å². The molecule has 1 fully saturated rings. The molecule has 0 radical (unpaired) electrons. The topological polar surface area (TPSA) is 54.3 Å². The molecule has 1 aromatic heterocycles. The van der Waals surface area contributed by atoms with Crippen molar-refractivity contribution in [1.29, 1.82) is 0 Å². The van der Waals surface area contributed by atoms with Gasteiger partial charge in [0.1, 0.15) is 0 Å². The summed E-state index contributed by atoms with van der Waals surface area (Å²) in [4.78, 5) is 25.8. The summed E-state index contributed by atoms with van der Waals surface area (Å²) >= 11 is 6.51. The van der Waals surface area contributed by atoms with Gasteiger partial charge in [-0.25, -0.2) is 0 Å². The number of hydrazine groups is 1. The number of carbonyl (C=O) groups is 2. The number of aromatic nitrogens is 1. The first-order valence-electron chi connectivity index (χ1n) is 9.19. The molecule has 146 valence electrons. The van der Waals surface area contributed by atoms with Gasteiger partial charge >= 0.3 is 0 Å². The molecule has 0 bridgehead atoms. The highest BCUT2D eigenvalue weighted by molar-refractivity contribution is 8.26. The summed E-state index contributed by atoms with van der Waals surface area (Å²) < 4.78 is 2.48. The number of rotatable bonds is 4. The summed E-state index contributed by atoms with van der Waals surface area (Å²) in [5, 5.41) is 2.21. The number of hydrogen-bond donors (Lipinski definition) is 1. The lowest BCUT2D eigenvalue weighted by Crippen LogP contribution is -2.44. The number of amides is 2. The van der Waals surface area contributed by atoms with E-state index in [0.29, 0.717) is 20.8 Å². The van der Waals surface area contributed by atoms with Gasteiger partial charge in [0.2, 0.25) is 0 Å². The van der Waals surface area contributed by atoms with E-state index >= 15 is 0 Å². The molecule has 0 aliphatic carbocycles. The lowest BCUT2D eigenvalue weighted by Gasteiger charge is -2.15. The molecule has 2 aromatic carbocycles. The number of nitrogens with one attached hydrogen (secondary N) is 1. The van der Waals surface area contributed by atoms with Gasteiger partial charge in [-0.1, -0.05) is 48.2 Å². The van der Waals surface area contributed by atoms with Crippen molar-refractivity contribution in [1.82, 2.24) is 15.0 Å². The molecule has 0 saturated carbocycles. The molecule has 0 atom stereocenters. The molecule has 2 amide bonds. The zero-order valence-corrected chi connectivity index (χ0v) is 17.6. The SMILES string of the molecule is CC(C)n1cc(/C=C2\SC(=S)N(NC(=O)c3ccccc3)C2=O)c2ccccc21. The normalized spacial score (nSPS) is 15.7. The van der Waals surface area contributed by atoms with Crippen molar-refractivity contribution in [3.8, 4) is 0 Å². The first kappa shape index (κ1) is 19.4. The van der Waals surface area contributed by atoms with Crippen LogP contribution in [0.1, 0.15) is 35.8 Å². The predicted molar refractivity (Wildman–Crippen MR) is 121 cm³/mol. The Labute approximate surface area is 178 Å². The maximum atomic E-state index is 12.9. The summed E-state index contributed by atoms with van der Waals surface area (Å²) in [6.07, 6.45) is 3.89. The van der Waals surface area contributed by atoms with Crippen LogP contribution in [0, 0.1) is 0 Å². The highest BCUT2D eigenvalue weighted by Crippen LogP contribution is 2.34. The van der Waals surface area contributed by atoms with Crippen molar-refractivity contribution in [2.24, 2.45) is 0 Å². The van der Waals surface area contributed by atoms with Crippen LogP contribution in [-0.2, 0) is 4.79 Å². The molecule has 0 unspecified atom stereocenters. The number of nitrogens with zero attached hydrogens (tertiary/aromatic N) is 2. The Bertz CT molecular complexity index is 1150. The second kappa shape index (κ2) is 7.85. The summed E-state index contributed by atoms with van der Waals surface area (Å²) in [7, 11) is 0. The Balaban J connectivity index is 1.63. The zero-order valence-electron chi connectivity index (χ0n) is 16.0. The van der Waals surface area contributed by atoms with E-state index in [-0.39, 0.29) is 11.8 Å². The smallest absolute Gasteiger partial charge is 0.285 e. The number of fused-ring (bicyclic) bond motifs is 1. The average molecular weight is 422 g/mol. The second-order valence-corrected chi connectivity index (χ2v) is 8.60. The predicted octanol–water partition coefficient (Wildman–Crippen LogP) is 4.77. The minimum Gasteiger partial charge on any atom is -0.344 e. The molecule has 1 aliphatic heterocycles. The molecule has 0 spiro atoms. The Morgan fingerprint density at radius 3 is 2.52 bits per heavy atom. The highest BCUT2D eigenvalue weighted by atomic mass is 32.2. The monoisotopic (exact) mass is 421 g/mol. The largest absolute Gasteiger partial charge is 0.344 e. The van der Waals surface area contributed by atoms with Crippen molar-refractivity contribution in [2.75, 3.05) is 0 Å². The van der Waals surface area contributed by atoms with E-state index in [9.17, 15) is 9.59 Å². The van der Waals surface area contributed by atoms with Crippen LogP contribution in [-0.4, -0.2) is 25.7 Å². The number of thiocarbonyl (C=S) groups is 1. The Hall–Kier alpha value is -2.90. The van der Waals surface area contributed by atoms with Gasteiger partial charge in [0.25, 0.3) is 11.8 Å². The van der Waals surface area contributed by atoms with E-state index in [2.05, 4.69) is 29.9 Å². The van der Waals surface area contributed by atoms with Crippen molar-refractivity contribution in [2.45, 2.75) is 19.9 Å². The third-order valence-corrected chi connectivity index (χ3v) is 5.96. The first-order chi connectivity index (χ1) is 14.0. The minimum atomic E-state index is -0.375. The third kappa shape index (κ3) is 3.71. The fraction of sp³-hybridized carbons (Fsp3) is 0.136. The zero-order chi connectivity index (χ0) is 20.5. The van der Waals surface area contributed by atoms with E-state index in [0.717, 1.165) is 21.5 Å². The molecule has 2 heterocycles. The molecular weight excluding hydrogens is 402 g/mol. The van der Waals surface area contributed by atoms with Crippen molar-refractivity contribution in [3.63, 3.8) is 0 Å². The fourth-order valence-electron chi connectivity index (χ4n) is 3.24. The Morgan fingerprint density at radius 2 is 1.79 bits per heavy atom. The van der Waals surface area contributed by atoms with Crippen LogP contribution in [0.3, 0.4) is 0 Å². The van der Waals surface area contributed by atoms with Crippen LogP contribution in [0.15, 0.2) is 65.7 Å². The Kier molecular flexibility index (Phi) is 5.25. The summed E-state index contributed by atoms with van der Waals surface area (Å²) in [6, 6.07) is 17.1. The van der Waals surface area contributed by atoms with Crippen LogP contribution < -0.4 is 5.43 Å². The fourth-order valence-corrected chi connectivity index (χ4v) is 4.41. The molecule has 1 N–H and O–H groups in total. The maximum Gasteiger partial charge on any atom is 0.285 e. The lowest BCUT2D eigenvalue weighted by molar-refractivity contribution is -0.123. The van der Waals surface area contributed by atoms with Crippen LogP contribution in [0.25, 0.3) is 17.0 Å². The van der Waals surface area contributed by atoms with E-state index < -0.39 is 0 Å². The molecular formula is C22H19N3O2S2. The third-order valence-electron chi connectivity index (χ3n) is 4.66. The Morgan fingerprint density at radius 1 is 1.10 bits per heavy atom. The van der Waals surface area contributed by atoms with Gasteiger partial charge in [0.15, 0.2) is 4.32 Å². The number of carbonyl (C=O) groups excluding carboxylic acids is 2.